The summed E-state index contributed by atoms with van der Waals surface area (Å²) in [5.74, 6) is 0.629. The zero-order valence-corrected chi connectivity index (χ0v) is 13.4. The summed E-state index contributed by atoms with van der Waals surface area (Å²) in [5.41, 5.74) is 3.98. The highest BCUT2D eigenvalue weighted by Gasteiger charge is 2.27. The van der Waals surface area contributed by atoms with Crippen LogP contribution in [0.5, 0.6) is 0 Å². The first-order chi connectivity index (χ1) is 10.3. The van der Waals surface area contributed by atoms with E-state index in [2.05, 4.69) is 36.5 Å². The van der Waals surface area contributed by atoms with E-state index in [0.717, 1.165) is 12.6 Å². The van der Waals surface area contributed by atoms with Crippen LogP contribution in [0.4, 0.5) is 0 Å². The van der Waals surface area contributed by atoms with Gasteiger partial charge in [-0.15, -0.1) is 11.3 Å². The van der Waals surface area contributed by atoms with E-state index in [9.17, 15) is 0 Å². The molecule has 1 saturated carbocycles. The minimum Gasteiger partial charge on any atom is -0.313 e. The summed E-state index contributed by atoms with van der Waals surface area (Å²) in [4.78, 5) is 6.55. The number of aryl methyl sites for hydroxylation is 2. The molecule has 110 valence electrons. The van der Waals surface area contributed by atoms with E-state index < -0.39 is 0 Å². The standard InChI is InChI=1S/C18H22N2S/c1-12-4-2-5-13(10-12)18-20-17-14(11-19-15-8-9-15)6-3-7-16(17)21-18/h2,4-5,10,14-15,19H,3,6-9,11H2,1H3. The van der Waals surface area contributed by atoms with Crippen LogP contribution in [0.25, 0.3) is 10.6 Å². The lowest BCUT2D eigenvalue weighted by atomic mass is 9.91. The molecule has 2 aliphatic carbocycles. The minimum atomic E-state index is 0.629. The summed E-state index contributed by atoms with van der Waals surface area (Å²) in [6.45, 7) is 3.27. The third kappa shape index (κ3) is 2.90. The second-order valence-corrected chi connectivity index (χ2v) is 7.55. The molecular formula is C18H22N2S. The molecule has 1 aromatic heterocycles. The molecule has 2 aliphatic rings. The van der Waals surface area contributed by atoms with Gasteiger partial charge in [0, 0.05) is 28.9 Å². The number of rotatable bonds is 4. The number of hydrogen-bond donors (Lipinski definition) is 1. The van der Waals surface area contributed by atoms with Crippen LogP contribution in [0.2, 0.25) is 0 Å². The van der Waals surface area contributed by atoms with Crippen LogP contribution in [0.3, 0.4) is 0 Å². The van der Waals surface area contributed by atoms with Crippen LogP contribution in [0, 0.1) is 6.92 Å². The summed E-state index contributed by atoms with van der Waals surface area (Å²) in [6, 6.07) is 9.53. The van der Waals surface area contributed by atoms with Gasteiger partial charge in [-0.3, -0.25) is 0 Å². The summed E-state index contributed by atoms with van der Waals surface area (Å²) < 4.78 is 0. The molecule has 0 bridgehead atoms. The summed E-state index contributed by atoms with van der Waals surface area (Å²) in [7, 11) is 0. The first-order valence-electron chi connectivity index (χ1n) is 8.09. The van der Waals surface area contributed by atoms with Crippen molar-refractivity contribution in [1.29, 1.82) is 0 Å². The molecule has 1 N–H and O–H groups in total. The molecule has 3 heteroatoms. The van der Waals surface area contributed by atoms with Crippen molar-refractivity contribution in [3.05, 3.63) is 40.4 Å². The van der Waals surface area contributed by atoms with Gasteiger partial charge in [0.25, 0.3) is 0 Å². The number of aromatic nitrogens is 1. The van der Waals surface area contributed by atoms with Crippen molar-refractivity contribution in [2.24, 2.45) is 0 Å². The number of hydrogen-bond acceptors (Lipinski definition) is 3. The van der Waals surface area contributed by atoms with Crippen molar-refractivity contribution in [3.63, 3.8) is 0 Å². The lowest BCUT2D eigenvalue weighted by Gasteiger charge is -2.21. The zero-order valence-electron chi connectivity index (χ0n) is 12.6. The minimum absolute atomic E-state index is 0.629. The second-order valence-electron chi connectivity index (χ2n) is 6.47. The molecule has 0 radical (unpaired) electrons. The summed E-state index contributed by atoms with van der Waals surface area (Å²) >= 11 is 1.91. The molecule has 1 fully saturated rings. The SMILES string of the molecule is Cc1cccc(-c2nc3c(s2)CCCC3CNC2CC2)c1. The average Bonchev–Trinajstić information content (AvgIpc) is 3.21. The quantitative estimate of drug-likeness (QED) is 0.910. The largest absolute Gasteiger partial charge is 0.313 e. The molecule has 4 rings (SSSR count). The predicted octanol–water partition coefficient (Wildman–Crippen LogP) is 4.29. The van der Waals surface area contributed by atoms with Gasteiger partial charge in [-0.25, -0.2) is 4.98 Å². The molecule has 21 heavy (non-hydrogen) atoms. The van der Waals surface area contributed by atoms with Crippen molar-refractivity contribution in [3.8, 4) is 10.6 Å². The Bertz CT molecular complexity index is 642. The van der Waals surface area contributed by atoms with Crippen molar-refractivity contribution < 1.29 is 0 Å². The number of thiazole rings is 1. The number of nitrogens with one attached hydrogen (secondary N) is 1. The lowest BCUT2D eigenvalue weighted by molar-refractivity contribution is 0.500. The van der Waals surface area contributed by atoms with Gasteiger partial charge in [-0.2, -0.15) is 0 Å². The Morgan fingerprint density at radius 2 is 2.19 bits per heavy atom. The van der Waals surface area contributed by atoms with Crippen LogP contribution in [0.15, 0.2) is 24.3 Å². The van der Waals surface area contributed by atoms with Crippen molar-refractivity contribution in [2.75, 3.05) is 6.54 Å². The van der Waals surface area contributed by atoms with E-state index in [0.29, 0.717) is 5.92 Å². The Balaban J connectivity index is 1.60. The van der Waals surface area contributed by atoms with Crippen LogP contribution in [0.1, 0.15) is 47.7 Å². The van der Waals surface area contributed by atoms with E-state index >= 15 is 0 Å². The molecule has 0 saturated heterocycles. The maximum Gasteiger partial charge on any atom is 0.123 e. The maximum absolute atomic E-state index is 5.02. The van der Waals surface area contributed by atoms with Gasteiger partial charge in [0.1, 0.15) is 5.01 Å². The summed E-state index contributed by atoms with van der Waals surface area (Å²) in [6.07, 6.45) is 6.57. The molecule has 1 heterocycles. The molecule has 1 atom stereocenters. The van der Waals surface area contributed by atoms with Crippen LogP contribution < -0.4 is 5.32 Å². The predicted molar refractivity (Wildman–Crippen MR) is 89.0 cm³/mol. The van der Waals surface area contributed by atoms with Crippen LogP contribution in [-0.4, -0.2) is 17.6 Å². The lowest BCUT2D eigenvalue weighted by Crippen LogP contribution is -2.25. The van der Waals surface area contributed by atoms with Gasteiger partial charge in [0.2, 0.25) is 0 Å². The first kappa shape index (κ1) is 13.5. The fourth-order valence-electron chi connectivity index (χ4n) is 3.20. The topological polar surface area (TPSA) is 24.9 Å². The molecule has 1 aromatic carbocycles. The Morgan fingerprint density at radius 3 is 3.00 bits per heavy atom. The van der Waals surface area contributed by atoms with Crippen molar-refractivity contribution >= 4 is 11.3 Å². The number of fused-ring (bicyclic) bond motifs is 1. The molecule has 0 aliphatic heterocycles. The van der Waals surface area contributed by atoms with Crippen LogP contribution >= 0.6 is 11.3 Å². The highest BCUT2D eigenvalue weighted by Crippen LogP contribution is 2.38. The van der Waals surface area contributed by atoms with Gasteiger partial charge in [0.15, 0.2) is 0 Å². The van der Waals surface area contributed by atoms with E-state index in [1.54, 1.807) is 0 Å². The Labute approximate surface area is 130 Å². The third-order valence-electron chi connectivity index (χ3n) is 4.57. The average molecular weight is 298 g/mol. The highest BCUT2D eigenvalue weighted by atomic mass is 32.1. The highest BCUT2D eigenvalue weighted by molar-refractivity contribution is 7.15. The third-order valence-corrected chi connectivity index (χ3v) is 5.75. The molecule has 2 aromatic rings. The van der Waals surface area contributed by atoms with Crippen molar-refractivity contribution in [2.45, 2.75) is 51.0 Å². The van der Waals surface area contributed by atoms with E-state index in [1.165, 1.54) is 58.8 Å². The maximum atomic E-state index is 5.02. The van der Waals surface area contributed by atoms with Gasteiger partial charge in [-0.05, 0) is 45.1 Å². The normalized spacial score (nSPS) is 21.3. The molecule has 1 unspecified atom stereocenters. The Kier molecular flexibility index (Phi) is 3.56. The second kappa shape index (κ2) is 5.54. The van der Waals surface area contributed by atoms with E-state index in [-0.39, 0.29) is 0 Å². The molecule has 0 spiro atoms. The van der Waals surface area contributed by atoms with Gasteiger partial charge in [0.05, 0.1) is 5.69 Å². The molecule has 0 amide bonds. The summed E-state index contributed by atoms with van der Waals surface area (Å²) in [5, 5.41) is 4.90. The number of benzene rings is 1. The fraction of sp³-hybridized carbons (Fsp3) is 0.500. The number of nitrogens with zero attached hydrogens (tertiary/aromatic N) is 1. The van der Waals surface area contributed by atoms with Gasteiger partial charge < -0.3 is 5.32 Å². The van der Waals surface area contributed by atoms with Gasteiger partial charge >= 0.3 is 0 Å². The Morgan fingerprint density at radius 1 is 1.29 bits per heavy atom. The Hall–Kier alpha value is -1.19. The molecular weight excluding hydrogens is 276 g/mol. The smallest absolute Gasteiger partial charge is 0.123 e. The monoisotopic (exact) mass is 298 g/mol. The van der Waals surface area contributed by atoms with Crippen molar-refractivity contribution in [1.82, 2.24) is 10.3 Å². The van der Waals surface area contributed by atoms with Crippen LogP contribution in [-0.2, 0) is 6.42 Å². The van der Waals surface area contributed by atoms with E-state index in [4.69, 9.17) is 4.98 Å². The van der Waals surface area contributed by atoms with E-state index in [1.807, 2.05) is 11.3 Å². The molecule has 2 nitrogen and oxygen atoms in total. The van der Waals surface area contributed by atoms with Gasteiger partial charge in [-0.1, -0.05) is 23.8 Å². The zero-order chi connectivity index (χ0) is 14.2. The first-order valence-corrected chi connectivity index (χ1v) is 8.91. The fourth-order valence-corrected chi connectivity index (χ4v) is 4.39.